The molecule has 0 unspecified atom stereocenters. The van der Waals surface area contributed by atoms with Crippen LogP contribution in [0.4, 0.5) is 32.0 Å². The van der Waals surface area contributed by atoms with Crippen LogP contribution in [0.25, 0.3) is 10.9 Å². The smallest absolute Gasteiger partial charge is 0.384 e. The number of rotatable bonds is 3. The molecule has 2 nitrogen and oxygen atoms in total. The Balaban J connectivity index is 2.78. The van der Waals surface area contributed by atoms with Crippen LogP contribution in [0.2, 0.25) is 0 Å². The summed E-state index contributed by atoms with van der Waals surface area (Å²) >= 11 is 0. The summed E-state index contributed by atoms with van der Waals surface area (Å²) in [6, 6.07) is 1.03. The average molecular weight is 308 g/mol. The van der Waals surface area contributed by atoms with Crippen LogP contribution < -0.4 is 5.32 Å². The van der Waals surface area contributed by atoms with E-state index < -0.39 is 40.2 Å². The van der Waals surface area contributed by atoms with E-state index in [0.29, 0.717) is 18.6 Å². The molecule has 0 aliphatic heterocycles. The van der Waals surface area contributed by atoms with E-state index >= 15 is 0 Å². The van der Waals surface area contributed by atoms with Gasteiger partial charge in [0.2, 0.25) is 0 Å². The zero-order valence-corrected chi connectivity index (χ0v) is 10.8. The largest absolute Gasteiger partial charge is 0.433 e. The predicted octanol–water partition coefficient (Wildman–Crippen LogP) is 4.49. The molecule has 21 heavy (non-hydrogen) atoms. The summed E-state index contributed by atoms with van der Waals surface area (Å²) < 4.78 is 78.5. The third-order valence-corrected chi connectivity index (χ3v) is 2.79. The Morgan fingerprint density at radius 1 is 1.10 bits per heavy atom. The van der Waals surface area contributed by atoms with Crippen LogP contribution >= 0.6 is 0 Å². The fourth-order valence-corrected chi connectivity index (χ4v) is 1.84. The SMILES string of the molecule is CCCNc1cc(C(F)(F)F)nc2cc(F)c(F)c(F)c12. The summed E-state index contributed by atoms with van der Waals surface area (Å²) in [5, 5.41) is 2.06. The molecule has 0 saturated carbocycles. The number of aromatic nitrogens is 1. The van der Waals surface area contributed by atoms with Gasteiger partial charge in [0.1, 0.15) is 5.69 Å². The number of nitrogens with one attached hydrogen (secondary N) is 1. The maximum atomic E-state index is 13.8. The minimum absolute atomic E-state index is 0.245. The lowest BCUT2D eigenvalue weighted by Gasteiger charge is -2.14. The molecule has 0 aliphatic carbocycles. The van der Waals surface area contributed by atoms with Crippen molar-refractivity contribution in [3.8, 4) is 0 Å². The van der Waals surface area contributed by atoms with E-state index in [2.05, 4.69) is 10.3 Å². The lowest BCUT2D eigenvalue weighted by Crippen LogP contribution is -2.11. The Morgan fingerprint density at radius 3 is 2.33 bits per heavy atom. The van der Waals surface area contributed by atoms with Crippen molar-refractivity contribution in [1.29, 1.82) is 0 Å². The van der Waals surface area contributed by atoms with Gasteiger partial charge in [-0.05, 0) is 12.5 Å². The van der Waals surface area contributed by atoms with Crippen LogP contribution in [0.15, 0.2) is 12.1 Å². The van der Waals surface area contributed by atoms with Crippen molar-refractivity contribution in [1.82, 2.24) is 4.98 Å². The molecule has 114 valence electrons. The highest BCUT2D eigenvalue weighted by Gasteiger charge is 2.34. The number of fused-ring (bicyclic) bond motifs is 1. The van der Waals surface area contributed by atoms with Gasteiger partial charge in [0.05, 0.1) is 10.9 Å². The van der Waals surface area contributed by atoms with Gasteiger partial charge in [0.15, 0.2) is 17.5 Å². The van der Waals surface area contributed by atoms with Gasteiger partial charge in [-0.2, -0.15) is 13.2 Å². The van der Waals surface area contributed by atoms with Crippen LogP contribution in [0.5, 0.6) is 0 Å². The molecule has 0 spiro atoms. The molecule has 1 N–H and O–H groups in total. The van der Waals surface area contributed by atoms with E-state index in [9.17, 15) is 26.3 Å². The van der Waals surface area contributed by atoms with E-state index in [-0.39, 0.29) is 12.2 Å². The fourth-order valence-electron chi connectivity index (χ4n) is 1.84. The monoisotopic (exact) mass is 308 g/mol. The third-order valence-electron chi connectivity index (χ3n) is 2.79. The van der Waals surface area contributed by atoms with Gasteiger partial charge in [-0.15, -0.1) is 0 Å². The summed E-state index contributed by atoms with van der Waals surface area (Å²) in [7, 11) is 0. The Morgan fingerprint density at radius 2 is 1.76 bits per heavy atom. The lowest BCUT2D eigenvalue weighted by atomic mass is 10.1. The first-order chi connectivity index (χ1) is 9.75. The molecular weight excluding hydrogens is 298 g/mol. The van der Waals surface area contributed by atoms with Gasteiger partial charge in [-0.3, -0.25) is 0 Å². The number of alkyl halides is 3. The molecular formula is C13H10F6N2. The lowest BCUT2D eigenvalue weighted by molar-refractivity contribution is -0.140. The number of hydrogen-bond donors (Lipinski definition) is 1. The topological polar surface area (TPSA) is 24.9 Å². The van der Waals surface area contributed by atoms with Crippen LogP contribution in [-0.2, 0) is 6.18 Å². The number of nitrogens with zero attached hydrogens (tertiary/aromatic N) is 1. The summed E-state index contributed by atoms with van der Waals surface area (Å²) in [6.07, 6.45) is -4.23. The van der Waals surface area contributed by atoms with Crippen LogP contribution in [-0.4, -0.2) is 11.5 Å². The Bertz CT molecular complexity index is 681. The van der Waals surface area contributed by atoms with E-state index in [4.69, 9.17) is 0 Å². The maximum absolute atomic E-state index is 13.8. The molecule has 1 aromatic heterocycles. The van der Waals surface area contributed by atoms with Gasteiger partial charge in [0, 0.05) is 18.3 Å². The summed E-state index contributed by atoms with van der Waals surface area (Å²) in [4.78, 5) is 3.17. The number of benzene rings is 1. The van der Waals surface area contributed by atoms with Crippen molar-refractivity contribution in [2.75, 3.05) is 11.9 Å². The molecule has 1 heterocycles. The highest BCUT2D eigenvalue weighted by molar-refractivity contribution is 5.92. The molecule has 0 amide bonds. The molecule has 0 saturated heterocycles. The summed E-state index contributed by atoms with van der Waals surface area (Å²) in [6.45, 7) is 1.99. The van der Waals surface area contributed by atoms with Gasteiger partial charge in [0.25, 0.3) is 0 Å². The first-order valence-electron chi connectivity index (χ1n) is 6.05. The summed E-state index contributed by atoms with van der Waals surface area (Å²) in [5.41, 5.74) is -2.18. The van der Waals surface area contributed by atoms with Crippen molar-refractivity contribution in [3.63, 3.8) is 0 Å². The minimum atomic E-state index is -4.78. The highest BCUT2D eigenvalue weighted by Crippen LogP contribution is 2.35. The fraction of sp³-hybridized carbons (Fsp3) is 0.308. The Labute approximate surface area is 115 Å². The summed E-state index contributed by atoms with van der Waals surface area (Å²) in [5.74, 6) is -4.90. The second-order valence-electron chi connectivity index (χ2n) is 4.36. The zero-order valence-electron chi connectivity index (χ0n) is 10.8. The molecule has 0 atom stereocenters. The van der Waals surface area contributed by atoms with Gasteiger partial charge in [-0.1, -0.05) is 6.92 Å². The molecule has 0 fully saturated rings. The van der Waals surface area contributed by atoms with E-state index in [1.54, 1.807) is 6.92 Å². The molecule has 1 aromatic carbocycles. The first-order valence-corrected chi connectivity index (χ1v) is 6.05. The second-order valence-corrected chi connectivity index (χ2v) is 4.36. The quantitative estimate of drug-likeness (QED) is 0.667. The number of anilines is 1. The standard InChI is InChI=1S/C13H10F6N2/c1-2-3-20-7-5-9(13(17,18)19)21-8-4-6(14)11(15)12(16)10(7)8/h4-5H,2-3H2,1H3,(H,20,21). The molecule has 8 heteroatoms. The second kappa shape index (κ2) is 5.42. The van der Waals surface area contributed by atoms with E-state index in [1.165, 1.54) is 0 Å². The van der Waals surface area contributed by atoms with Crippen LogP contribution in [0.3, 0.4) is 0 Å². The Hall–Kier alpha value is -1.99. The third kappa shape index (κ3) is 2.88. The van der Waals surface area contributed by atoms with Crippen molar-refractivity contribution < 1.29 is 26.3 Å². The molecule has 2 aromatic rings. The number of pyridine rings is 1. The molecule has 0 radical (unpaired) electrons. The van der Waals surface area contributed by atoms with Crippen molar-refractivity contribution in [2.45, 2.75) is 19.5 Å². The van der Waals surface area contributed by atoms with Gasteiger partial charge < -0.3 is 5.32 Å². The van der Waals surface area contributed by atoms with Crippen molar-refractivity contribution in [2.24, 2.45) is 0 Å². The highest BCUT2D eigenvalue weighted by atomic mass is 19.4. The van der Waals surface area contributed by atoms with Gasteiger partial charge >= 0.3 is 6.18 Å². The average Bonchev–Trinajstić information content (AvgIpc) is 2.40. The van der Waals surface area contributed by atoms with Crippen molar-refractivity contribution in [3.05, 3.63) is 35.3 Å². The van der Waals surface area contributed by atoms with Crippen LogP contribution in [0.1, 0.15) is 19.0 Å². The number of hydrogen-bond acceptors (Lipinski definition) is 2. The normalized spacial score (nSPS) is 12.0. The van der Waals surface area contributed by atoms with Crippen LogP contribution in [0, 0.1) is 17.5 Å². The Kier molecular flexibility index (Phi) is 3.97. The first kappa shape index (κ1) is 15.4. The van der Waals surface area contributed by atoms with E-state index in [1.807, 2.05) is 0 Å². The van der Waals surface area contributed by atoms with E-state index in [0.717, 1.165) is 0 Å². The van der Waals surface area contributed by atoms with Gasteiger partial charge in [-0.25, -0.2) is 18.2 Å². The predicted molar refractivity (Wildman–Crippen MR) is 65.4 cm³/mol. The van der Waals surface area contributed by atoms with Crippen molar-refractivity contribution >= 4 is 16.6 Å². The molecule has 0 bridgehead atoms. The molecule has 2 rings (SSSR count). The maximum Gasteiger partial charge on any atom is 0.433 e. The minimum Gasteiger partial charge on any atom is -0.384 e. The zero-order chi connectivity index (χ0) is 15.8. The number of halogens is 6. The molecule has 0 aliphatic rings.